The summed E-state index contributed by atoms with van der Waals surface area (Å²) in [7, 11) is -2.46. The molecule has 0 aliphatic carbocycles. The standard InChI is InChI=1S/C21H26ClN3O5S/c1-14(2)12-23-21(27)16-7-5-6-8-17(16)24-20(26)13-25(31(4,28)29)18-11-15(22)9-10-19(18)30-3/h5-11,14H,12-13H2,1-4H3,(H,23,27)(H,24,26). The molecule has 31 heavy (non-hydrogen) atoms. The maximum Gasteiger partial charge on any atom is 0.253 e. The Morgan fingerprint density at radius 3 is 2.45 bits per heavy atom. The fourth-order valence-corrected chi connectivity index (χ4v) is 3.76. The molecule has 0 aliphatic rings. The maximum atomic E-state index is 12.7. The quantitative estimate of drug-likeness (QED) is 0.589. The number of halogens is 1. The second-order valence-electron chi connectivity index (χ2n) is 7.28. The van der Waals surface area contributed by atoms with Crippen LogP contribution in [-0.4, -0.2) is 46.7 Å². The van der Waals surface area contributed by atoms with Crippen molar-refractivity contribution in [2.24, 2.45) is 5.92 Å². The van der Waals surface area contributed by atoms with Crippen molar-refractivity contribution in [1.29, 1.82) is 0 Å². The molecule has 0 radical (unpaired) electrons. The number of sulfonamides is 1. The lowest BCUT2D eigenvalue weighted by molar-refractivity contribution is -0.114. The van der Waals surface area contributed by atoms with Crippen LogP contribution in [0.25, 0.3) is 0 Å². The highest BCUT2D eigenvalue weighted by Crippen LogP contribution is 2.32. The molecule has 8 nitrogen and oxygen atoms in total. The van der Waals surface area contributed by atoms with Crippen LogP contribution in [0.3, 0.4) is 0 Å². The summed E-state index contributed by atoms with van der Waals surface area (Å²) < 4.78 is 30.9. The average Bonchev–Trinajstić information content (AvgIpc) is 2.69. The molecular formula is C21H26ClN3O5S. The number of benzene rings is 2. The first kappa shape index (κ1) is 24.5. The van der Waals surface area contributed by atoms with Gasteiger partial charge in [0.15, 0.2) is 0 Å². The molecule has 0 heterocycles. The van der Waals surface area contributed by atoms with Crippen molar-refractivity contribution >= 4 is 44.8 Å². The molecule has 0 unspecified atom stereocenters. The van der Waals surface area contributed by atoms with E-state index in [1.807, 2.05) is 13.8 Å². The molecule has 0 bridgehead atoms. The minimum Gasteiger partial charge on any atom is -0.495 e. The highest BCUT2D eigenvalue weighted by Gasteiger charge is 2.25. The minimum absolute atomic E-state index is 0.135. The lowest BCUT2D eigenvalue weighted by Gasteiger charge is -2.24. The Kier molecular flexibility index (Phi) is 8.29. The summed E-state index contributed by atoms with van der Waals surface area (Å²) in [6, 6.07) is 11.0. The van der Waals surface area contributed by atoms with Crippen LogP contribution in [0.1, 0.15) is 24.2 Å². The molecule has 168 valence electrons. The van der Waals surface area contributed by atoms with E-state index in [0.29, 0.717) is 6.54 Å². The normalized spacial score (nSPS) is 11.2. The Balaban J connectivity index is 2.28. The lowest BCUT2D eigenvalue weighted by atomic mass is 10.1. The van der Waals surface area contributed by atoms with Gasteiger partial charge in [0.25, 0.3) is 5.91 Å². The van der Waals surface area contributed by atoms with Gasteiger partial charge in [-0.25, -0.2) is 8.42 Å². The van der Waals surface area contributed by atoms with Crippen LogP contribution in [0.15, 0.2) is 42.5 Å². The summed E-state index contributed by atoms with van der Waals surface area (Å²) in [5.74, 6) is -0.449. The first-order valence-corrected chi connectivity index (χ1v) is 11.7. The smallest absolute Gasteiger partial charge is 0.253 e. The van der Waals surface area contributed by atoms with E-state index in [2.05, 4.69) is 10.6 Å². The first-order valence-electron chi connectivity index (χ1n) is 9.51. The highest BCUT2D eigenvalue weighted by atomic mass is 35.5. The van der Waals surface area contributed by atoms with Crippen molar-refractivity contribution in [2.45, 2.75) is 13.8 Å². The third-order valence-electron chi connectivity index (χ3n) is 4.21. The monoisotopic (exact) mass is 467 g/mol. The van der Waals surface area contributed by atoms with E-state index in [1.54, 1.807) is 30.3 Å². The Morgan fingerprint density at radius 1 is 1.16 bits per heavy atom. The molecule has 0 spiro atoms. The Bertz CT molecular complexity index is 1060. The van der Waals surface area contributed by atoms with Crippen molar-refractivity contribution in [3.8, 4) is 5.75 Å². The summed E-state index contributed by atoms with van der Waals surface area (Å²) in [5.41, 5.74) is 0.693. The number of carbonyl (C=O) groups excluding carboxylic acids is 2. The van der Waals surface area contributed by atoms with Crippen molar-refractivity contribution in [3.05, 3.63) is 53.1 Å². The van der Waals surface area contributed by atoms with Gasteiger partial charge in [-0.15, -0.1) is 0 Å². The molecule has 2 amide bonds. The summed E-state index contributed by atoms with van der Waals surface area (Å²) in [4.78, 5) is 25.2. The van der Waals surface area contributed by atoms with Gasteiger partial charge in [-0.05, 0) is 36.2 Å². The topological polar surface area (TPSA) is 105 Å². The summed E-state index contributed by atoms with van der Waals surface area (Å²) in [6.07, 6.45) is 0.980. The molecule has 2 aromatic rings. The SMILES string of the molecule is COc1ccc(Cl)cc1N(CC(=O)Nc1ccccc1C(=O)NCC(C)C)S(C)(=O)=O. The zero-order valence-corrected chi connectivity index (χ0v) is 19.4. The Hall–Kier alpha value is -2.78. The molecule has 0 aromatic heterocycles. The second-order valence-corrected chi connectivity index (χ2v) is 9.63. The van der Waals surface area contributed by atoms with Gasteiger partial charge >= 0.3 is 0 Å². The zero-order valence-electron chi connectivity index (χ0n) is 17.8. The van der Waals surface area contributed by atoms with E-state index in [1.165, 1.54) is 19.2 Å². The van der Waals surface area contributed by atoms with Gasteiger partial charge in [-0.2, -0.15) is 0 Å². The fraction of sp³-hybridized carbons (Fsp3) is 0.333. The van der Waals surface area contributed by atoms with Gasteiger partial charge in [0.05, 0.1) is 30.3 Å². The molecule has 2 aromatic carbocycles. The van der Waals surface area contributed by atoms with Crippen molar-refractivity contribution in [3.63, 3.8) is 0 Å². The van der Waals surface area contributed by atoms with Gasteiger partial charge in [-0.1, -0.05) is 37.6 Å². The maximum absolute atomic E-state index is 12.7. The number of methoxy groups -OCH3 is 1. The van der Waals surface area contributed by atoms with Gasteiger partial charge in [0, 0.05) is 11.6 Å². The van der Waals surface area contributed by atoms with Crippen LogP contribution in [-0.2, 0) is 14.8 Å². The second kappa shape index (κ2) is 10.5. The molecule has 10 heteroatoms. The van der Waals surface area contributed by atoms with E-state index in [4.69, 9.17) is 16.3 Å². The predicted octanol–water partition coefficient (Wildman–Crippen LogP) is 3.14. The highest BCUT2D eigenvalue weighted by molar-refractivity contribution is 7.92. The number of nitrogens with one attached hydrogen (secondary N) is 2. The molecule has 2 rings (SSSR count). The lowest BCUT2D eigenvalue weighted by Crippen LogP contribution is -2.38. The van der Waals surface area contributed by atoms with E-state index in [0.717, 1.165) is 10.6 Å². The van der Waals surface area contributed by atoms with Gasteiger partial charge in [0.2, 0.25) is 15.9 Å². The zero-order chi connectivity index (χ0) is 23.2. The van der Waals surface area contributed by atoms with Crippen LogP contribution < -0.4 is 19.7 Å². The molecule has 0 aliphatic heterocycles. The van der Waals surface area contributed by atoms with E-state index < -0.39 is 22.5 Å². The third-order valence-corrected chi connectivity index (χ3v) is 5.58. The first-order chi connectivity index (χ1) is 14.5. The van der Waals surface area contributed by atoms with Gasteiger partial charge < -0.3 is 15.4 Å². The number of ether oxygens (including phenoxy) is 1. The number of anilines is 2. The largest absolute Gasteiger partial charge is 0.495 e. The molecule has 0 saturated heterocycles. The molecule has 0 atom stereocenters. The number of para-hydroxylation sites is 1. The Labute approximate surface area is 187 Å². The van der Waals surface area contributed by atoms with E-state index >= 15 is 0 Å². The number of amides is 2. The number of hydrogen-bond acceptors (Lipinski definition) is 5. The molecular weight excluding hydrogens is 442 g/mol. The minimum atomic E-state index is -3.84. The molecule has 0 saturated carbocycles. The fourth-order valence-electron chi connectivity index (χ4n) is 2.74. The third kappa shape index (κ3) is 6.86. The van der Waals surface area contributed by atoms with E-state index in [9.17, 15) is 18.0 Å². The van der Waals surface area contributed by atoms with Gasteiger partial charge in [0.1, 0.15) is 12.3 Å². The van der Waals surface area contributed by atoms with Crippen molar-refractivity contribution in [1.82, 2.24) is 5.32 Å². The average molecular weight is 468 g/mol. The van der Waals surface area contributed by atoms with Crippen LogP contribution in [0.4, 0.5) is 11.4 Å². The summed E-state index contributed by atoms with van der Waals surface area (Å²) in [5, 5.41) is 5.71. The predicted molar refractivity (Wildman–Crippen MR) is 122 cm³/mol. The number of nitrogens with zero attached hydrogens (tertiary/aromatic N) is 1. The van der Waals surface area contributed by atoms with E-state index in [-0.39, 0.29) is 39.5 Å². The van der Waals surface area contributed by atoms with Crippen LogP contribution in [0, 0.1) is 5.92 Å². The molecule has 0 fully saturated rings. The van der Waals surface area contributed by atoms with Crippen LogP contribution in [0.5, 0.6) is 5.75 Å². The van der Waals surface area contributed by atoms with Crippen LogP contribution in [0.2, 0.25) is 5.02 Å². The van der Waals surface area contributed by atoms with Gasteiger partial charge in [-0.3, -0.25) is 13.9 Å². The van der Waals surface area contributed by atoms with Crippen molar-refractivity contribution < 1.29 is 22.7 Å². The van der Waals surface area contributed by atoms with Crippen molar-refractivity contribution in [2.75, 3.05) is 36.1 Å². The Morgan fingerprint density at radius 2 is 1.84 bits per heavy atom. The molecule has 2 N–H and O–H groups in total. The number of carbonyl (C=O) groups is 2. The number of hydrogen-bond donors (Lipinski definition) is 2. The summed E-state index contributed by atoms with van der Waals surface area (Å²) in [6.45, 7) is 3.89. The number of rotatable bonds is 9. The summed E-state index contributed by atoms with van der Waals surface area (Å²) >= 11 is 6.02. The van der Waals surface area contributed by atoms with Crippen LogP contribution >= 0.6 is 11.6 Å².